The molecule has 1 aromatic rings. The van der Waals surface area contributed by atoms with E-state index in [1.54, 1.807) is 0 Å². The van der Waals surface area contributed by atoms with E-state index >= 15 is 0 Å². The number of nitrogens with zero attached hydrogens (tertiary/aromatic N) is 1. The van der Waals surface area contributed by atoms with Crippen LogP contribution < -0.4 is 10.2 Å². The topological polar surface area (TPSA) is 15.3 Å². The molecule has 0 spiro atoms. The Morgan fingerprint density at radius 3 is 2.63 bits per heavy atom. The average molecular weight is 264 g/mol. The van der Waals surface area contributed by atoms with Gasteiger partial charge in [0.25, 0.3) is 0 Å². The summed E-state index contributed by atoms with van der Waals surface area (Å²) in [5.41, 5.74) is 1.47. The molecule has 0 aromatic heterocycles. The van der Waals surface area contributed by atoms with E-state index in [1.807, 2.05) is 12.1 Å². The van der Waals surface area contributed by atoms with Crippen molar-refractivity contribution in [2.45, 2.75) is 32.6 Å². The Kier molecular flexibility index (Phi) is 4.81. The predicted octanol–water partition coefficient (Wildman–Crippen LogP) is 3.43. The maximum atomic E-state index is 13.0. The third-order valence-corrected chi connectivity index (χ3v) is 4.18. The van der Waals surface area contributed by atoms with Crippen LogP contribution in [-0.2, 0) is 0 Å². The van der Waals surface area contributed by atoms with Crippen LogP contribution in [0.1, 0.15) is 32.6 Å². The van der Waals surface area contributed by atoms with Crippen LogP contribution in [0.2, 0.25) is 0 Å². The second kappa shape index (κ2) is 6.38. The van der Waals surface area contributed by atoms with Crippen molar-refractivity contribution in [1.82, 2.24) is 5.32 Å². The molecule has 1 saturated heterocycles. The molecule has 0 saturated carbocycles. The van der Waals surface area contributed by atoms with Crippen LogP contribution >= 0.6 is 0 Å². The molecule has 19 heavy (non-hydrogen) atoms. The lowest BCUT2D eigenvalue weighted by atomic mass is 9.76. The molecule has 1 aliphatic rings. The Hall–Kier alpha value is -1.09. The molecule has 0 bridgehead atoms. The van der Waals surface area contributed by atoms with Crippen LogP contribution in [-0.4, -0.2) is 26.7 Å². The third kappa shape index (κ3) is 3.69. The molecule has 1 aromatic carbocycles. The summed E-state index contributed by atoms with van der Waals surface area (Å²) in [6.45, 7) is 5.55. The molecule has 1 fully saturated rings. The maximum Gasteiger partial charge on any atom is 0.123 e. The maximum absolute atomic E-state index is 13.0. The van der Waals surface area contributed by atoms with Crippen molar-refractivity contribution in [3.05, 3.63) is 30.1 Å². The lowest BCUT2D eigenvalue weighted by molar-refractivity contribution is 0.197. The summed E-state index contributed by atoms with van der Waals surface area (Å²) in [7, 11) is 2.11. The SMILES string of the molecule is CCCC1(CN(C)c2ccc(F)cc2)CCCNC1. The van der Waals surface area contributed by atoms with E-state index in [0.717, 1.165) is 25.3 Å². The summed E-state index contributed by atoms with van der Waals surface area (Å²) in [4.78, 5) is 2.27. The van der Waals surface area contributed by atoms with Crippen LogP contribution in [0.4, 0.5) is 10.1 Å². The second-order valence-electron chi connectivity index (χ2n) is 5.86. The highest BCUT2D eigenvalue weighted by atomic mass is 19.1. The van der Waals surface area contributed by atoms with Gasteiger partial charge in [0.05, 0.1) is 0 Å². The van der Waals surface area contributed by atoms with Crippen LogP contribution in [0.3, 0.4) is 0 Å². The minimum Gasteiger partial charge on any atom is -0.374 e. The van der Waals surface area contributed by atoms with Gasteiger partial charge in [-0.15, -0.1) is 0 Å². The lowest BCUT2D eigenvalue weighted by Crippen LogP contribution is -2.46. The van der Waals surface area contributed by atoms with Gasteiger partial charge in [0.1, 0.15) is 5.82 Å². The Labute approximate surface area is 116 Å². The van der Waals surface area contributed by atoms with Crippen molar-refractivity contribution in [1.29, 1.82) is 0 Å². The first-order chi connectivity index (χ1) is 9.15. The quantitative estimate of drug-likeness (QED) is 0.876. The van der Waals surface area contributed by atoms with Gasteiger partial charge in [0.15, 0.2) is 0 Å². The molecule has 1 aliphatic heterocycles. The molecular weight excluding hydrogens is 239 g/mol. The second-order valence-corrected chi connectivity index (χ2v) is 5.86. The zero-order valence-electron chi connectivity index (χ0n) is 12.1. The number of piperidine rings is 1. The molecule has 1 N–H and O–H groups in total. The number of anilines is 1. The fourth-order valence-electron chi connectivity index (χ4n) is 3.28. The highest BCUT2D eigenvalue weighted by Gasteiger charge is 2.32. The van der Waals surface area contributed by atoms with Crippen LogP contribution in [0.25, 0.3) is 0 Å². The van der Waals surface area contributed by atoms with E-state index in [9.17, 15) is 4.39 Å². The summed E-state index contributed by atoms with van der Waals surface area (Å²) >= 11 is 0. The normalized spacial score (nSPS) is 23.3. The van der Waals surface area contributed by atoms with Crippen LogP contribution in [0, 0.1) is 11.2 Å². The molecule has 2 nitrogen and oxygen atoms in total. The first-order valence-corrected chi connectivity index (χ1v) is 7.33. The van der Waals surface area contributed by atoms with Crippen molar-refractivity contribution in [2.24, 2.45) is 5.41 Å². The van der Waals surface area contributed by atoms with E-state index in [1.165, 1.54) is 37.8 Å². The Bertz CT molecular complexity index is 377. The van der Waals surface area contributed by atoms with Crippen molar-refractivity contribution >= 4 is 5.69 Å². The minimum absolute atomic E-state index is 0.167. The molecule has 0 aliphatic carbocycles. The highest BCUT2D eigenvalue weighted by Crippen LogP contribution is 2.33. The van der Waals surface area contributed by atoms with Gasteiger partial charge in [-0.25, -0.2) is 4.39 Å². The summed E-state index contributed by atoms with van der Waals surface area (Å²) in [6.07, 6.45) is 5.03. The number of benzene rings is 1. The first kappa shape index (κ1) is 14.3. The summed E-state index contributed by atoms with van der Waals surface area (Å²) in [5.74, 6) is -0.167. The molecular formula is C16H25FN2. The molecule has 0 amide bonds. The number of hydrogen-bond donors (Lipinski definition) is 1. The number of rotatable bonds is 5. The van der Waals surface area contributed by atoms with Gasteiger partial charge < -0.3 is 10.2 Å². The molecule has 1 heterocycles. The molecule has 0 radical (unpaired) electrons. The summed E-state index contributed by atoms with van der Waals surface area (Å²) in [5, 5.41) is 3.54. The zero-order valence-corrected chi connectivity index (χ0v) is 12.1. The fourth-order valence-corrected chi connectivity index (χ4v) is 3.28. The van der Waals surface area contributed by atoms with Crippen molar-refractivity contribution in [3.63, 3.8) is 0 Å². The molecule has 2 rings (SSSR count). The van der Waals surface area contributed by atoms with E-state index in [4.69, 9.17) is 0 Å². The zero-order chi connectivity index (χ0) is 13.7. The standard InChI is InChI=1S/C16H25FN2/c1-3-9-16(10-4-11-18-12-16)13-19(2)15-7-5-14(17)6-8-15/h5-8,18H,3-4,9-13H2,1-2H3. The van der Waals surface area contributed by atoms with Crippen LogP contribution in [0.5, 0.6) is 0 Å². The molecule has 1 atom stereocenters. The van der Waals surface area contributed by atoms with Gasteiger partial charge in [-0.3, -0.25) is 0 Å². The molecule has 3 heteroatoms. The molecule has 1 unspecified atom stereocenters. The predicted molar refractivity (Wildman–Crippen MR) is 79.1 cm³/mol. The minimum atomic E-state index is -0.167. The Morgan fingerprint density at radius 2 is 2.05 bits per heavy atom. The van der Waals surface area contributed by atoms with Crippen molar-refractivity contribution in [2.75, 3.05) is 31.6 Å². The fraction of sp³-hybridized carbons (Fsp3) is 0.625. The number of nitrogens with one attached hydrogen (secondary N) is 1. The lowest BCUT2D eigenvalue weighted by Gasteiger charge is -2.41. The van der Waals surface area contributed by atoms with Crippen molar-refractivity contribution < 1.29 is 4.39 Å². The van der Waals surface area contributed by atoms with E-state index in [0.29, 0.717) is 5.41 Å². The largest absolute Gasteiger partial charge is 0.374 e. The van der Waals surface area contributed by atoms with E-state index in [-0.39, 0.29) is 5.82 Å². The van der Waals surface area contributed by atoms with Crippen molar-refractivity contribution in [3.8, 4) is 0 Å². The van der Waals surface area contributed by atoms with Gasteiger partial charge >= 0.3 is 0 Å². The Morgan fingerprint density at radius 1 is 1.32 bits per heavy atom. The van der Waals surface area contributed by atoms with Crippen LogP contribution in [0.15, 0.2) is 24.3 Å². The average Bonchev–Trinajstić information content (AvgIpc) is 2.40. The van der Waals surface area contributed by atoms with Gasteiger partial charge in [-0.2, -0.15) is 0 Å². The monoisotopic (exact) mass is 264 g/mol. The van der Waals surface area contributed by atoms with Gasteiger partial charge in [-0.05, 0) is 50.1 Å². The smallest absolute Gasteiger partial charge is 0.123 e. The van der Waals surface area contributed by atoms with E-state index < -0.39 is 0 Å². The number of halogens is 1. The summed E-state index contributed by atoms with van der Waals surface area (Å²) in [6, 6.07) is 6.81. The first-order valence-electron chi connectivity index (χ1n) is 7.33. The van der Waals surface area contributed by atoms with Gasteiger partial charge in [0, 0.05) is 31.2 Å². The van der Waals surface area contributed by atoms with Gasteiger partial charge in [-0.1, -0.05) is 13.3 Å². The Balaban J connectivity index is 2.05. The third-order valence-electron chi connectivity index (χ3n) is 4.18. The highest BCUT2D eigenvalue weighted by molar-refractivity contribution is 5.45. The summed E-state index contributed by atoms with van der Waals surface area (Å²) < 4.78 is 13.0. The number of hydrogen-bond acceptors (Lipinski definition) is 2. The van der Waals surface area contributed by atoms with E-state index in [2.05, 4.69) is 24.2 Å². The van der Waals surface area contributed by atoms with Gasteiger partial charge in [0.2, 0.25) is 0 Å². The molecule has 106 valence electrons.